The number of primary amides is 1. The molecule has 0 aromatic heterocycles. The number of piperidine rings is 1. The van der Waals surface area contributed by atoms with E-state index in [-0.39, 0.29) is 36.3 Å². The van der Waals surface area contributed by atoms with Gasteiger partial charge in [0.25, 0.3) is 5.91 Å². The second kappa shape index (κ2) is 10.2. The number of hydrogen-bond acceptors (Lipinski definition) is 11. The average molecular weight is 619 g/mol. The number of rotatable bonds is 5. The molecule has 0 spiro atoms. The Kier molecular flexibility index (Phi) is 7.46. The van der Waals surface area contributed by atoms with Crippen molar-refractivity contribution >= 4 is 38.1 Å². The van der Waals surface area contributed by atoms with E-state index in [4.69, 9.17) is 16.9 Å². The number of likely N-dealkylation sites (N-methyl/N-ethyl adjacent to an activating group) is 1. The summed E-state index contributed by atoms with van der Waals surface area (Å²) in [5, 5.41) is 53.7. The number of anilines is 1. The van der Waals surface area contributed by atoms with Crippen LogP contribution in [0.15, 0.2) is 23.0 Å². The summed E-state index contributed by atoms with van der Waals surface area (Å²) in [6.45, 7) is 1.20. The molecule has 1 aromatic carbocycles. The van der Waals surface area contributed by atoms with Gasteiger partial charge in [-0.15, -0.1) is 0 Å². The van der Waals surface area contributed by atoms with Crippen LogP contribution in [0, 0.1) is 11.3 Å². The number of aromatic hydroxyl groups is 1. The third kappa shape index (κ3) is 4.47. The number of nitrogens with zero attached hydrogens (tertiary/aromatic N) is 3. The van der Waals surface area contributed by atoms with Gasteiger partial charge in [-0.1, -0.05) is 9.24 Å². The van der Waals surface area contributed by atoms with E-state index in [9.17, 15) is 34.4 Å². The number of aliphatic hydroxyl groups excluding tert-OH is 2. The first kappa shape index (κ1) is 31.3. The zero-order chi connectivity index (χ0) is 32.0. The monoisotopic (exact) mass is 618 g/mol. The van der Waals surface area contributed by atoms with E-state index in [1.165, 1.54) is 4.90 Å². The molecule has 14 heteroatoms. The van der Waals surface area contributed by atoms with Crippen molar-refractivity contribution in [2.75, 3.05) is 46.2 Å². The predicted molar refractivity (Wildman–Crippen MR) is 163 cm³/mol. The molecule has 1 aliphatic heterocycles. The van der Waals surface area contributed by atoms with Crippen molar-refractivity contribution in [3.63, 3.8) is 0 Å². The van der Waals surface area contributed by atoms with Gasteiger partial charge in [0, 0.05) is 50.6 Å². The van der Waals surface area contributed by atoms with Gasteiger partial charge in [-0.05, 0) is 57.3 Å². The maximum absolute atomic E-state index is 14.4. The highest BCUT2D eigenvalue weighted by atomic mass is 31.0. The Labute approximate surface area is 251 Å². The van der Waals surface area contributed by atoms with Crippen LogP contribution in [0.1, 0.15) is 36.0 Å². The summed E-state index contributed by atoms with van der Waals surface area (Å²) >= 11 is 0. The predicted octanol–water partition coefficient (Wildman–Crippen LogP) is 0.699. The highest BCUT2D eigenvalue weighted by Crippen LogP contribution is 2.54. The number of hydrogen-bond donors (Lipinski definition) is 7. The molecule has 1 aromatic rings. The smallest absolute Gasteiger partial charge is 0.254 e. The van der Waals surface area contributed by atoms with Gasteiger partial charge in [-0.2, -0.15) is 0 Å². The summed E-state index contributed by atoms with van der Waals surface area (Å²) in [4.78, 5) is 31.9. The van der Waals surface area contributed by atoms with E-state index in [2.05, 4.69) is 9.24 Å². The van der Waals surface area contributed by atoms with Gasteiger partial charge in [-0.25, -0.2) is 4.39 Å². The van der Waals surface area contributed by atoms with Crippen LogP contribution in [0.3, 0.4) is 0 Å². The average Bonchev–Trinajstić information content (AvgIpc) is 2.88. The Morgan fingerprint density at radius 2 is 1.81 bits per heavy atom. The van der Waals surface area contributed by atoms with Crippen molar-refractivity contribution in [3.8, 4) is 5.75 Å². The zero-order valence-corrected chi connectivity index (χ0v) is 25.9. The first-order chi connectivity index (χ1) is 19.9. The number of alkyl halides is 1. The highest BCUT2D eigenvalue weighted by molar-refractivity contribution is 7.18. The normalized spacial score (nSPS) is 30.7. The number of Topliss-reactive ketones (excluding diaryl/α,β-unsaturated/α-hetero) is 1. The van der Waals surface area contributed by atoms with Gasteiger partial charge < -0.3 is 42.2 Å². The first-order valence-corrected chi connectivity index (χ1v) is 14.7. The lowest BCUT2D eigenvalue weighted by atomic mass is 9.53. The summed E-state index contributed by atoms with van der Waals surface area (Å²) in [6, 6.07) is 0.553. The van der Waals surface area contributed by atoms with Crippen LogP contribution in [0.4, 0.5) is 10.1 Å². The molecular formula is C29H40FN6O6P. The maximum Gasteiger partial charge on any atom is 0.254 e. The van der Waals surface area contributed by atoms with Crippen molar-refractivity contribution in [2.45, 2.75) is 54.8 Å². The molecule has 12 nitrogen and oxygen atoms in total. The number of fused-ring (bicyclic) bond motifs is 3. The summed E-state index contributed by atoms with van der Waals surface area (Å²) in [6.07, 6.45) is 0.620. The number of likely N-dealkylation sites (tertiary alicyclic amines) is 1. The molecule has 1 amide bonds. The third-order valence-corrected chi connectivity index (χ3v) is 10.2. The topological polar surface area (TPSA) is 201 Å². The Morgan fingerprint density at radius 1 is 1.21 bits per heavy atom. The number of amides is 1. The SMILES string of the molecule is CN(C)c1cc(CN2CCC(F)(P)CC2)c(O)c2c1C[C@H]1C[C@@]3(N)[C@H](N(C)C)C(O)=C(C(N)=O)C(=N)[C@@]3(O)C(=O)C1=C2O. The summed E-state index contributed by atoms with van der Waals surface area (Å²) < 4.78 is 14.4. The standard InChI is InChI=1S/C29H40FN6O6P/c1-34(2)16-10-14(12-36-7-5-27(30,43)6-8-36)20(37)18-15(16)9-13-11-28(33)24(35(3)4)22(39)19(26(32)41)23(31)29(28,42)25(40)17(13)21(18)38/h10,13,24,31,37-39,42H,5-9,11-12,33,43H2,1-4H3,(H2,32,41)/t13-,24+,28+,29+/m0/s1. The highest BCUT2D eigenvalue weighted by Gasteiger charge is 2.70. The molecule has 9 N–H and O–H groups in total. The summed E-state index contributed by atoms with van der Waals surface area (Å²) in [5.41, 5.74) is 7.39. The third-order valence-electron chi connectivity index (χ3n) is 9.59. The fourth-order valence-corrected chi connectivity index (χ4v) is 7.72. The number of nitrogens with one attached hydrogen (secondary N) is 1. The maximum atomic E-state index is 14.4. The van der Waals surface area contributed by atoms with Crippen LogP contribution in [0.5, 0.6) is 5.75 Å². The molecule has 43 heavy (non-hydrogen) atoms. The number of aliphatic hydroxyl groups is 3. The Hall–Kier alpha value is -3.09. The van der Waals surface area contributed by atoms with Gasteiger partial charge in [0.2, 0.25) is 5.78 Å². The minimum atomic E-state index is -2.82. The fourth-order valence-electron chi connectivity index (χ4n) is 7.46. The zero-order valence-electron chi connectivity index (χ0n) is 24.7. The van der Waals surface area contributed by atoms with Gasteiger partial charge in [0.05, 0.1) is 22.9 Å². The van der Waals surface area contributed by atoms with E-state index in [1.807, 2.05) is 30.0 Å². The number of carbonyl (C=O) groups excluding carboxylic acids is 2. The molecule has 1 unspecified atom stereocenters. The van der Waals surface area contributed by atoms with Crippen LogP contribution >= 0.6 is 9.24 Å². The van der Waals surface area contributed by atoms with Crippen LogP contribution in [-0.2, 0) is 22.6 Å². The second-order valence-electron chi connectivity index (χ2n) is 12.8. The molecular weight excluding hydrogens is 578 g/mol. The molecule has 3 aliphatic carbocycles. The first-order valence-electron chi connectivity index (χ1n) is 14.1. The van der Waals surface area contributed by atoms with Crippen molar-refractivity contribution in [2.24, 2.45) is 17.4 Å². The van der Waals surface area contributed by atoms with E-state index in [0.717, 1.165) is 0 Å². The summed E-state index contributed by atoms with van der Waals surface area (Å²) in [5.74, 6) is -4.46. The molecule has 1 heterocycles. The molecule has 1 saturated heterocycles. The number of carbonyl (C=O) groups is 2. The molecule has 4 aliphatic rings. The number of phenolic OH excluding ortho intramolecular Hbond substituents is 1. The van der Waals surface area contributed by atoms with Gasteiger partial charge in [0.1, 0.15) is 28.3 Å². The Balaban J connectivity index is 1.67. The van der Waals surface area contributed by atoms with Crippen LogP contribution in [0.25, 0.3) is 5.76 Å². The van der Waals surface area contributed by atoms with Crippen LogP contribution in [-0.4, -0.2) is 111 Å². The van der Waals surface area contributed by atoms with E-state index in [1.54, 1.807) is 14.1 Å². The fraction of sp³-hybridized carbons (Fsp3) is 0.552. The largest absolute Gasteiger partial charge is 0.510 e. The van der Waals surface area contributed by atoms with Crippen molar-refractivity contribution in [3.05, 3.63) is 39.7 Å². The van der Waals surface area contributed by atoms with Gasteiger partial charge in [0.15, 0.2) is 5.60 Å². The number of phenols is 1. The lowest BCUT2D eigenvalue weighted by Crippen LogP contribution is -2.81. The van der Waals surface area contributed by atoms with Gasteiger partial charge in [-0.3, -0.25) is 19.4 Å². The molecule has 0 bridgehead atoms. The number of benzene rings is 1. The lowest BCUT2D eigenvalue weighted by Gasteiger charge is -2.57. The number of halogens is 1. The van der Waals surface area contributed by atoms with Crippen LogP contribution in [0.2, 0.25) is 0 Å². The molecule has 234 valence electrons. The second-order valence-corrected chi connectivity index (χ2v) is 13.8. The van der Waals surface area contributed by atoms with Crippen molar-refractivity contribution in [1.82, 2.24) is 9.80 Å². The van der Waals surface area contributed by atoms with Crippen molar-refractivity contribution < 1.29 is 34.4 Å². The van der Waals surface area contributed by atoms with E-state index < -0.39 is 63.0 Å². The number of nitrogens with two attached hydrogens (primary N) is 2. The quantitative estimate of drug-likeness (QED) is 0.230. The minimum Gasteiger partial charge on any atom is -0.510 e. The molecule has 1 saturated carbocycles. The molecule has 2 fully saturated rings. The minimum absolute atomic E-state index is 0.0387. The Morgan fingerprint density at radius 3 is 2.35 bits per heavy atom. The molecule has 5 rings (SSSR count). The molecule has 0 radical (unpaired) electrons. The number of ketones is 1. The molecule has 5 atom stereocenters. The Bertz CT molecular complexity index is 1500. The van der Waals surface area contributed by atoms with Crippen molar-refractivity contribution in [1.29, 1.82) is 5.41 Å². The van der Waals surface area contributed by atoms with E-state index >= 15 is 0 Å². The van der Waals surface area contributed by atoms with Crippen LogP contribution < -0.4 is 16.4 Å². The lowest BCUT2D eigenvalue weighted by molar-refractivity contribution is -0.141. The summed E-state index contributed by atoms with van der Waals surface area (Å²) in [7, 11) is 8.97. The van der Waals surface area contributed by atoms with Gasteiger partial charge >= 0.3 is 0 Å². The van der Waals surface area contributed by atoms with E-state index in [0.29, 0.717) is 42.7 Å².